The van der Waals surface area contributed by atoms with Crippen molar-refractivity contribution in [2.45, 2.75) is 66.5 Å². The van der Waals surface area contributed by atoms with Crippen molar-refractivity contribution >= 4 is 0 Å². The molecule has 2 saturated heterocycles. The van der Waals surface area contributed by atoms with Gasteiger partial charge in [0, 0.05) is 25.2 Å². The maximum atomic E-state index is 2.56. The lowest BCUT2D eigenvalue weighted by atomic mass is 10.2. The highest BCUT2D eigenvalue weighted by Gasteiger charge is 2.35. The van der Waals surface area contributed by atoms with Crippen molar-refractivity contribution in [1.29, 1.82) is 0 Å². The molecule has 2 aliphatic heterocycles. The van der Waals surface area contributed by atoms with Gasteiger partial charge >= 0.3 is 0 Å². The molecular formula is C14H34N2. The molecule has 2 rings (SSSR count). The van der Waals surface area contributed by atoms with Crippen molar-refractivity contribution in [3.05, 3.63) is 0 Å². The van der Waals surface area contributed by atoms with Crippen molar-refractivity contribution in [3.8, 4) is 0 Å². The third kappa shape index (κ3) is 5.31. The second kappa shape index (κ2) is 11.4. The van der Waals surface area contributed by atoms with E-state index in [1.165, 1.54) is 25.9 Å². The van der Waals surface area contributed by atoms with E-state index in [9.17, 15) is 0 Å². The summed E-state index contributed by atoms with van der Waals surface area (Å²) in [6.07, 6.45) is 2.84. The molecule has 2 heteroatoms. The minimum Gasteiger partial charge on any atom is -0.303 e. The molecule has 2 aliphatic rings. The first-order valence-electron chi connectivity index (χ1n) is 7.18. The van der Waals surface area contributed by atoms with Crippen LogP contribution in [0.1, 0.15) is 54.4 Å². The van der Waals surface area contributed by atoms with E-state index < -0.39 is 0 Å². The normalized spacial score (nSPS) is 27.8. The van der Waals surface area contributed by atoms with Gasteiger partial charge in [-0.15, -0.1) is 0 Å². The highest BCUT2D eigenvalue weighted by Crippen LogP contribution is 2.27. The van der Waals surface area contributed by atoms with E-state index in [2.05, 4.69) is 23.9 Å². The third-order valence-corrected chi connectivity index (χ3v) is 3.03. The number of likely N-dealkylation sites (N-methyl/N-ethyl adjacent to an activating group) is 2. The fraction of sp³-hybridized carbons (Fsp3) is 1.00. The van der Waals surface area contributed by atoms with Crippen LogP contribution in [0.3, 0.4) is 0 Å². The van der Waals surface area contributed by atoms with Gasteiger partial charge in [-0.1, -0.05) is 41.5 Å². The minimum absolute atomic E-state index is 0.865. The second-order valence-corrected chi connectivity index (χ2v) is 3.77. The molecule has 2 nitrogen and oxygen atoms in total. The Morgan fingerprint density at radius 1 is 0.688 bits per heavy atom. The van der Waals surface area contributed by atoms with Crippen LogP contribution in [0.2, 0.25) is 0 Å². The Morgan fingerprint density at radius 2 is 1.00 bits per heavy atom. The Morgan fingerprint density at radius 3 is 1.31 bits per heavy atom. The van der Waals surface area contributed by atoms with Gasteiger partial charge in [0.1, 0.15) is 0 Å². The molecule has 0 aliphatic carbocycles. The van der Waals surface area contributed by atoms with Gasteiger partial charge in [-0.05, 0) is 26.9 Å². The summed E-state index contributed by atoms with van der Waals surface area (Å²) in [5, 5.41) is 0. The summed E-state index contributed by atoms with van der Waals surface area (Å²) in [7, 11) is 4.51. The van der Waals surface area contributed by atoms with E-state index in [4.69, 9.17) is 0 Å². The van der Waals surface area contributed by atoms with Crippen LogP contribution in [-0.4, -0.2) is 49.1 Å². The average Bonchev–Trinajstić information content (AvgIpc) is 2.60. The fourth-order valence-electron chi connectivity index (χ4n) is 2.32. The SMILES string of the molecule is CC.CC.CC.CN1CC2CCC(C1)N2C. The van der Waals surface area contributed by atoms with E-state index in [0.717, 1.165) is 12.1 Å². The van der Waals surface area contributed by atoms with Crippen molar-refractivity contribution in [1.82, 2.24) is 9.80 Å². The smallest absolute Gasteiger partial charge is 0.0224 e. The van der Waals surface area contributed by atoms with Crippen molar-refractivity contribution in [2.75, 3.05) is 27.2 Å². The predicted octanol–water partition coefficient (Wildman–Crippen LogP) is 3.47. The maximum absolute atomic E-state index is 2.56. The fourth-order valence-corrected chi connectivity index (χ4v) is 2.32. The Bertz CT molecular complexity index is 123. The van der Waals surface area contributed by atoms with E-state index in [-0.39, 0.29) is 0 Å². The van der Waals surface area contributed by atoms with Gasteiger partial charge in [0.15, 0.2) is 0 Å². The lowest BCUT2D eigenvalue weighted by Crippen LogP contribution is -2.50. The lowest BCUT2D eigenvalue weighted by Gasteiger charge is -2.36. The van der Waals surface area contributed by atoms with Crippen molar-refractivity contribution in [2.24, 2.45) is 0 Å². The van der Waals surface area contributed by atoms with Crippen LogP contribution in [0, 0.1) is 0 Å². The molecule has 0 radical (unpaired) electrons. The topological polar surface area (TPSA) is 6.48 Å². The van der Waals surface area contributed by atoms with Gasteiger partial charge < -0.3 is 4.90 Å². The summed E-state index contributed by atoms with van der Waals surface area (Å²) in [6, 6.07) is 1.73. The zero-order valence-corrected chi connectivity index (χ0v) is 12.9. The zero-order chi connectivity index (χ0) is 13.1. The number of hydrogen-bond acceptors (Lipinski definition) is 2. The molecule has 2 heterocycles. The summed E-state index contributed by atoms with van der Waals surface area (Å²) in [5.41, 5.74) is 0. The zero-order valence-electron chi connectivity index (χ0n) is 12.9. The number of hydrogen-bond donors (Lipinski definition) is 0. The monoisotopic (exact) mass is 230 g/mol. The molecule has 0 spiro atoms. The van der Waals surface area contributed by atoms with Crippen molar-refractivity contribution < 1.29 is 0 Å². The molecule has 2 atom stereocenters. The number of likely N-dealkylation sites (tertiary alicyclic amines) is 1. The largest absolute Gasteiger partial charge is 0.303 e. The Balaban J connectivity index is 0. The first-order valence-corrected chi connectivity index (χ1v) is 7.18. The molecule has 0 aromatic carbocycles. The lowest BCUT2D eigenvalue weighted by molar-refractivity contribution is 0.107. The summed E-state index contributed by atoms with van der Waals surface area (Å²) in [5.74, 6) is 0. The van der Waals surface area contributed by atoms with Crippen LogP contribution in [0.25, 0.3) is 0 Å². The van der Waals surface area contributed by atoms with Crippen LogP contribution >= 0.6 is 0 Å². The summed E-state index contributed by atoms with van der Waals surface area (Å²) in [6.45, 7) is 14.6. The van der Waals surface area contributed by atoms with Gasteiger partial charge in [0.05, 0.1) is 0 Å². The molecule has 0 aromatic rings. The quantitative estimate of drug-likeness (QED) is 0.629. The molecule has 0 aromatic heterocycles. The number of rotatable bonds is 0. The molecular weight excluding hydrogens is 196 g/mol. The molecule has 2 unspecified atom stereocenters. The summed E-state index contributed by atoms with van der Waals surface area (Å²) in [4.78, 5) is 5.02. The Labute approximate surface area is 104 Å². The molecule has 2 fully saturated rings. The molecule has 0 N–H and O–H groups in total. The average molecular weight is 230 g/mol. The Kier molecular flexibility index (Phi) is 13.0. The molecule has 100 valence electrons. The maximum Gasteiger partial charge on any atom is 0.0224 e. The van der Waals surface area contributed by atoms with E-state index in [0.29, 0.717) is 0 Å². The summed E-state index contributed by atoms with van der Waals surface area (Å²) < 4.78 is 0. The first-order chi connectivity index (χ1) is 7.77. The molecule has 0 amide bonds. The van der Waals surface area contributed by atoms with Gasteiger partial charge in [0.25, 0.3) is 0 Å². The van der Waals surface area contributed by atoms with Crippen LogP contribution < -0.4 is 0 Å². The molecule has 2 bridgehead atoms. The van der Waals surface area contributed by atoms with Crippen LogP contribution in [-0.2, 0) is 0 Å². The van der Waals surface area contributed by atoms with Gasteiger partial charge in [0.2, 0.25) is 0 Å². The highest BCUT2D eigenvalue weighted by molar-refractivity contribution is 4.92. The minimum atomic E-state index is 0.865. The van der Waals surface area contributed by atoms with Crippen LogP contribution in [0.5, 0.6) is 0 Å². The van der Waals surface area contributed by atoms with E-state index >= 15 is 0 Å². The van der Waals surface area contributed by atoms with Crippen LogP contribution in [0.15, 0.2) is 0 Å². The van der Waals surface area contributed by atoms with Gasteiger partial charge in [-0.25, -0.2) is 0 Å². The number of nitrogens with zero attached hydrogens (tertiary/aromatic N) is 2. The second-order valence-electron chi connectivity index (χ2n) is 3.77. The molecule has 16 heavy (non-hydrogen) atoms. The first kappa shape index (κ1) is 18.3. The van der Waals surface area contributed by atoms with Gasteiger partial charge in [-0.3, -0.25) is 4.90 Å². The number of fused-ring (bicyclic) bond motifs is 2. The van der Waals surface area contributed by atoms with E-state index in [1.807, 2.05) is 41.5 Å². The van der Waals surface area contributed by atoms with Crippen LogP contribution in [0.4, 0.5) is 0 Å². The number of piperazine rings is 1. The van der Waals surface area contributed by atoms with Crippen molar-refractivity contribution in [3.63, 3.8) is 0 Å². The molecule has 0 saturated carbocycles. The highest BCUT2D eigenvalue weighted by atomic mass is 15.3. The predicted molar refractivity (Wildman–Crippen MR) is 76.1 cm³/mol. The van der Waals surface area contributed by atoms with E-state index in [1.54, 1.807) is 0 Å². The third-order valence-electron chi connectivity index (χ3n) is 3.03. The summed E-state index contributed by atoms with van der Waals surface area (Å²) >= 11 is 0. The Hall–Kier alpha value is -0.0800. The van der Waals surface area contributed by atoms with Gasteiger partial charge in [-0.2, -0.15) is 0 Å². The standard InChI is InChI=1S/C8H16N2.3C2H6/c1-9-5-7-3-4-8(6-9)10(7)2;3*1-2/h7-8H,3-6H2,1-2H3;3*1-2H3.